The third-order valence-corrected chi connectivity index (χ3v) is 19.3. The number of carbonyl (C=O) groups excluding carboxylic acids is 3. The van der Waals surface area contributed by atoms with Crippen LogP contribution in [0.15, 0.2) is 103 Å². The highest BCUT2D eigenvalue weighted by Crippen LogP contribution is 2.72. The van der Waals surface area contributed by atoms with Crippen molar-refractivity contribution < 1.29 is 46.7 Å². The number of aromatic nitrogens is 4. The molecule has 4 saturated carbocycles. The molecular weight excluding hydrogens is 1150 g/mol. The smallest absolute Gasteiger partial charge is 0.410 e. The lowest BCUT2D eigenvalue weighted by molar-refractivity contribution is -0.248. The number of para-hydroxylation sites is 1. The van der Waals surface area contributed by atoms with Gasteiger partial charge in [-0.15, -0.1) is 0 Å². The Hall–Kier alpha value is -7.54. The van der Waals surface area contributed by atoms with Crippen LogP contribution in [-0.2, 0) is 32.7 Å². The minimum absolute atomic E-state index is 0.0168. The minimum Gasteiger partial charge on any atom is -0.476 e. The summed E-state index contributed by atoms with van der Waals surface area (Å²) in [4.78, 5) is 62.4. The fraction of sp³-hybridized carbons (Fsp3) is 0.453. The zero-order chi connectivity index (χ0) is 61.9. The Kier molecular flexibility index (Phi) is 18.4. The molecule has 4 amide bonds. The van der Waals surface area contributed by atoms with Crippen LogP contribution in [0.5, 0.6) is 0 Å². The van der Waals surface area contributed by atoms with Crippen LogP contribution < -0.4 is 32.7 Å². The maximum atomic E-state index is 13.8. The number of ether oxygens (including phenoxy) is 2. The van der Waals surface area contributed by atoms with Gasteiger partial charge in [0.15, 0.2) is 10.8 Å². The molecule has 2 unspecified atom stereocenters. The van der Waals surface area contributed by atoms with Crippen LogP contribution in [0.4, 0.5) is 20.4 Å². The summed E-state index contributed by atoms with van der Waals surface area (Å²) >= 11 is 1.39. The third-order valence-electron chi connectivity index (χ3n) is 17.6. The summed E-state index contributed by atoms with van der Waals surface area (Å²) in [5.74, 6) is -1.87. The number of hydrogen-bond donors (Lipinski definition) is 8. The van der Waals surface area contributed by atoms with Gasteiger partial charge in [0.05, 0.1) is 40.1 Å². The highest BCUT2D eigenvalue weighted by atomic mass is 32.2. The highest BCUT2D eigenvalue weighted by molar-refractivity contribution is 7.85. The summed E-state index contributed by atoms with van der Waals surface area (Å²) in [6.45, 7) is 12.8. The predicted octanol–water partition coefficient (Wildman–Crippen LogP) is 10.1. The second-order valence-corrected chi connectivity index (χ2v) is 28.0. The Morgan fingerprint density at radius 1 is 0.874 bits per heavy atom. The van der Waals surface area contributed by atoms with E-state index in [1.54, 1.807) is 24.4 Å². The van der Waals surface area contributed by atoms with Crippen LogP contribution in [-0.4, -0.2) is 129 Å². The van der Waals surface area contributed by atoms with Crippen molar-refractivity contribution in [2.24, 2.45) is 33.6 Å². The zero-order valence-electron chi connectivity index (χ0n) is 49.9. The molecule has 0 spiro atoms. The van der Waals surface area contributed by atoms with Crippen molar-refractivity contribution in [3.05, 3.63) is 126 Å². The molecule has 23 heteroatoms. The van der Waals surface area contributed by atoms with Gasteiger partial charge in [-0.1, -0.05) is 87.6 Å². The molecule has 21 nitrogen and oxygen atoms in total. The molecule has 4 aromatic carbocycles. The lowest BCUT2D eigenvalue weighted by Crippen LogP contribution is -2.64. The maximum absolute atomic E-state index is 13.8. The number of carbonyl (C=O) groups is 4. The van der Waals surface area contributed by atoms with Crippen LogP contribution in [0.1, 0.15) is 111 Å². The first-order valence-corrected chi connectivity index (χ1v) is 32.1. The Morgan fingerprint density at radius 3 is 2.34 bits per heavy atom. The maximum Gasteiger partial charge on any atom is 0.410 e. The van der Waals surface area contributed by atoms with E-state index in [4.69, 9.17) is 31.0 Å². The van der Waals surface area contributed by atoms with Gasteiger partial charge >= 0.3 is 18.1 Å². The van der Waals surface area contributed by atoms with E-state index in [1.807, 2.05) is 90.5 Å². The number of primary amides is 1. The molecule has 3 heterocycles. The fourth-order valence-electron chi connectivity index (χ4n) is 14.5. The monoisotopic (exact) mass is 1230 g/mol. The number of carboxylic acid groups (broad SMARTS) is 1. The van der Waals surface area contributed by atoms with E-state index in [2.05, 4.69) is 53.9 Å². The molecule has 4 fully saturated rings. The van der Waals surface area contributed by atoms with Gasteiger partial charge in [-0.05, 0) is 145 Å². The number of amides is 4. The second kappa shape index (κ2) is 25.7. The largest absolute Gasteiger partial charge is 0.476 e. The average molecular weight is 1230 g/mol. The number of hydrogen-bond acceptors (Lipinski definition) is 15. The van der Waals surface area contributed by atoms with Gasteiger partial charge in [-0.3, -0.25) is 19.3 Å². The first-order chi connectivity index (χ1) is 41.4. The predicted molar refractivity (Wildman–Crippen MR) is 337 cm³/mol. The average Bonchev–Trinajstić information content (AvgIpc) is 0.855. The van der Waals surface area contributed by atoms with E-state index in [0.717, 1.165) is 78.4 Å². The summed E-state index contributed by atoms with van der Waals surface area (Å²) in [7, 11) is -4.42. The molecule has 0 aliphatic heterocycles. The summed E-state index contributed by atoms with van der Waals surface area (Å²) in [6, 6.07) is 29.3. The second-order valence-electron chi connectivity index (χ2n) is 25.4. The molecule has 11 rings (SSSR count). The minimum atomic E-state index is -4.42. The molecule has 3 aromatic heterocycles. The Morgan fingerprint density at radius 2 is 1.63 bits per heavy atom. The normalized spacial score (nSPS) is 21.2. The van der Waals surface area contributed by atoms with Gasteiger partial charge in [-0.25, -0.2) is 24.4 Å². The number of nitrogens with two attached hydrogens (primary N) is 2. The van der Waals surface area contributed by atoms with E-state index in [9.17, 15) is 37.3 Å². The van der Waals surface area contributed by atoms with E-state index < -0.39 is 39.6 Å². The molecule has 4 atom stereocenters. The Labute approximate surface area is 511 Å². The summed E-state index contributed by atoms with van der Waals surface area (Å²) < 4.78 is 49.5. The van der Waals surface area contributed by atoms with Gasteiger partial charge in [0.1, 0.15) is 6.61 Å². The van der Waals surface area contributed by atoms with Crippen LogP contribution in [0.25, 0.3) is 43.4 Å². The van der Waals surface area contributed by atoms with Crippen LogP contribution in [0.2, 0.25) is 0 Å². The van der Waals surface area contributed by atoms with E-state index >= 15 is 0 Å². The number of benzene rings is 4. The number of carboxylic acids is 1. The zero-order valence-corrected chi connectivity index (χ0v) is 51.6. The molecule has 87 heavy (non-hydrogen) atoms. The van der Waals surface area contributed by atoms with Crippen molar-refractivity contribution in [2.45, 2.75) is 117 Å². The van der Waals surface area contributed by atoms with Crippen molar-refractivity contribution >= 4 is 77.3 Å². The number of thiazole rings is 1. The van der Waals surface area contributed by atoms with Crippen molar-refractivity contribution in [2.75, 3.05) is 55.7 Å². The summed E-state index contributed by atoms with van der Waals surface area (Å²) in [5, 5.41) is 30.2. The summed E-state index contributed by atoms with van der Waals surface area (Å²) in [5.41, 5.74) is 16.3. The number of aromatic carboxylic acids is 1. The van der Waals surface area contributed by atoms with Crippen molar-refractivity contribution in [1.29, 1.82) is 0 Å². The number of urea groups is 1. The quantitative estimate of drug-likeness (QED) is 0.0175. The van der Waals surface area contributed by atoms with Crippen molar-refractivity contribution in [3.8, 4) is 22.4 Å². The van der Waals surface area contributed by atoms with Crippen molar-refractivity contribution in [3.63, 3.8) is 0 Å². The number of pyridine rings is 1. The molecule has 0 saturated heterocycles. The number of anilines is 2. The Balaban J connectivity index is 0.791. The van der Waals surface area contributed by atoms with E-state index in [-0.39, 0.29) is 66.2 Å². The van der Waals surface area contributed by atoms with Gasteiger partial charge in [0, 0.05) is 85.0 Å². The first-order valence-electron chi connectivity index (χ1n) is 29.7. The van der Waals surface area contributed by atoms with E-state index in [0.29, 0.717) is 76.1 Å². The SMILES string of the molecule is Cc1c(-c2ccc(-c3ccc4cccc(C(=O)Nc5nc6ccccc6s5)c4c3)nc2C(=O)O)cnn1CC12CC3(C)CC(C)(C1)CC(OCCN(CCS(=O)(=O)O)C(=O)OCc1ccc(NC[C@H](CCCNC(N)=O)NC[C@@H](N)C(C)C)cc1)(C3)C2. The molecule has 10 N–H and O–H groups in total. The number of rotatable bonds is 27. The molecule has 7 aromatic rings. The number of nitrogens with one attached hydrogen (secondary N) is 4. The lowest BCUT2D eigenvalue weighted by Gasteiger charge is -2.69. The van der Waals surface area contributed by atoms with Gasteiger partial charge in [0.25, 0.3) is 16.0 Å². The molecule has 4 aliphatic rings. The first kappa shape index (κ1) is 62.5. The van der Waals surface area contributed by atoms with Crippen molar-refractivity contribution in [1.82, 2.24) is 35.3 Å². The van der Waals surface area contributed by atoms with E-state index in [1.165, 1.54) is 16.2 Å². The molecule has 462 valence electrons. The fourth-order valence-corrected chi connectivity index (χ4v) is 15.8. The molecule has 4 aliphatic carbocycles. The van der Waals surface area contributed by atoms with Gasteiger partial charge in [0.2, 0.25) is 0 Å². The topological polar surface area (TPSA) is 308 Å². The van der Waals surface area contributed by atoms with Gasteiger partial charge < -0.3 is 46.9 Å². The summed E-state index contributed by atoms with van der Waals surface area (Å²) in [6.07, 6.45) is 7.73. The third kappa shape index (κ3) is 15.1. The molecule has 0 radical (unpaired) electrons. The number of nitrogens with zero attached hydrogens (tertiary/aromatic N) is 5. The molecular formula is C64H79N11O10S2. The standard InChI is InChI=1S/C64H79N11O10S2/c1-40(2)51(65)31-69-46(11-9-23-67-58(66)79)29-68-45-19-15-42(16-20-45)32-84-60(80)74(25-27-87(81,82)83)24-26-85-64-36-61(4)33-62(5,37-64)35-63(34-61,38-64)39-75-41(3)50(30-70-75)47-21-22-52(71-55(47)57(77)78)44-18-17-43-10-8-12-48(49(43)28-44)56(76)73-59-72-53-13-6-7-14-54(53)86-59/h6-8,10,12-22,28,30,40,46,51,68-69H,9,11,23-27,29,31-39,65H2,1-5H3,(H,77,78)(H3,66,67,79)(H,72,73,76)(H,81,82,83)/t46-,51+,61?,62?,63?,64?/m0/s1. The van der Waals surface area contributed by atoms with Gasteiger partial charge in [-0.2, -0.15) is 13.5 Å². The van der Waals surface area contributed by atoms with Crippen LogP contribution in [0.3, 0.4) is 0 Å². The lowest BCUT2D eigenvalue weighted by atomic mass is 9.39. The highest BCUT2D eigenvalue weighted by Gasteiger charge is 2.66. The van der Waals surface area contributed by atoms with Crippen LogP contribution in [0, 0.1) is 29.1 Å². The molecule has 4 bridgehead atoms. The Bertz CT molecular complexity index is 3740. The van der Waals surface area contributed by atoms with Crippen LogP contribution >= 0.6 is 11.3 Å². The number of fused-ring (bicyclic) bond motifs is 2.